The van der Waals surface area contributed by atoms with Gasteiger partial charge in [0.25, 0.3) is 0 Å². The van der Waals surface area contributed by atoms with E-state index in [4.69, 9.17) is 37.5 Å². The third kappa shape index (κ3) is 6.65. The molecule has 0 saturated carbocycles. The Morgan fingerprint density at radius 2 is 1.65 bits per heavy atom. The molecule has 0 aliphatic rings. The van der Waals surface area contributed by atoms with Crippen molar-refractivity contribution >= 4 is 29.4 Å². The Morgan fingerprint density at radius 1 is 1.04 bits per heavy atom. The van der Waals surface area contributed by atoms with Crippen molar-refractivity contribution in [1.82, 2.24) is 0 Å². The molecule has 0 aromatic heterocycles. The molecule has 0 aliphatic heterocycles. The van der Waals surface area contributed by atoms with Crippen LogP contribution in [0.15, 0.2) is 41.6 Å². The highest BCUT2D eigenvalue weighted by Gasteiger charge is 2.09. The molecule has 0 spiro atoms. The summed E-state index contributed by atoms with van der Waals surface area (Å²) in [5, 5.41) is 13.8. The molecule has 0 radical (unpaired) electrons. The number of oxime groups is 1. The van der Waals surface area contributed by atoms with Gasteiger partial charge >= 0.3 is 0 Å². The van der Waals surface area contributed by atoms with Crippen LogP contribution in [0.25, 0.3) is 0 Å². The molecule has 0 amide bonds. The lowest BCUT2D eigenvalue weighted by atomic mass is 10.2. The molecule has 0 saturated heterocycles. The highest BCUT2D eigenvalue weighted by molar-refractivity contribution is 6.37. The van der Waals surface area contributed by atoms with Crippen molar-refractivity contribution in [3.8, 4) is 17.2 Å². The van der Waals surface area contributed by atoms with E-state index in [1.54, 1.807) is 6.21 Å². The van der Waals surface area contributed by atoms with E-state index in [0.717, 1.165) is 11.3 Å². The molecule has 0 bridgehead atoms. The highest BCUT2D eigenvalue weighted by atomic mass is 35.5. The number of halogens is 2. The van der Waals surface area contributed by atoms with Gasteiger partial charge < -0.3 is 19.4 Å². The van der Waals surface area contributed by atoms with E-state index < -0.39 is 0 Å². The summed E-state index contributed by atoms with van der Waals surface area (Å²) in [6, 6.07) is 10.3. The van der Waals surface area contributed by atoms with Crippen LogP contribution in [-0.2, 0) is 4.84 Å². The summed E-state index contributed by atoms with van der Waals surface area (Å²) >= 11 is 12.0. The van der Waals surface area contributed by atoms with Gasteiger partial charge in [-0.05, 0) is 43.7 Å². The average molecular weight is 398 g/mol. The zero-order valence-electron chi connectivity index (χ0n) is 14.6. The Labute approximate surface area is 163 Å². The number of phenols is 1. The average Bonchev–Trinajstić information content (AvgIpc) is 2.57. The fraction of sp³-hybridized carbons (Fsp3) is 0.316. The predicted molar refractivity (Wildman–Crippen MR) is 104 cm³/mol. The smallest absolute Gasteiger partial charge is 0.156 e. The van der Waals surface area contributed by atoms with Crippen molar-refractivity contribution < 1.29 is 19.4 Å². The normalized spacial score (nSPS) is 11.1. The largest absolute Gasteiger partial charge is 0.508 e. The molecule has 1 N–H and O–H groups in total. The maximum Gasteiger partial charge on any atom is 0.156 e. The van der Waals surface area contributed by atoms with Gasteiger partial charge in [-0.3, -0.25) is 0 Å². The van der Waals surface area contributed by atoms with Crippen LogP contribution >= 0.6 is 23.2 Å². The van der Waals surface area contributed by atoms with Gasteiger partial charge in [-0.2, -0.15) is 0 Å². The minimum Gasteiger partial charge on any atom is -0.508 e. The van der Waals surface area contributed by atoms with Gasteiger partial charge in [0.05, 0.1) is 29.5 Å². The van der Waals surface area contributed by atoms with E-state index in [1.165, 1.54) is 12.1 Å². The molecule has 0 unspecified atom stereocenters. The van der Waals surface area contributed by atoms with Crippen molar-refractivity contribution in [3.05, 3.63) is 52.0 Å². The molecular formula is C19H21Cl2NO4. The number of hydrogen-bond acceptors (Lipinski definition) is 5. The lowest BCUT2D eigenvalue weighted by Gasteiger charge is -2.11. The molecule has 0 heterocycles. The first-order valence-corrected chi connectivity index (χ1v) is 8.94. The number of benzene rings is 2. The Balaban J connectivity index is 1.72. The summed E-state index contributed by atoms with van der Waals surface area (Å²) in [5.74, 6) is 1.12. The van der Waals surface area contributed by atoms with Crippen molar-refractivity contribution in [2.24, 2.45) is 5.16 Å². The molecule has 2 rings (SSSR count). The van der Waals surface area contributed by atoms with Gasteiger partial charge in [-0.25, -0.2) is 0 Å². The number of rotatable bonds is 9. The Kier molecular flexibility index (Phi) is 7.88. The first-order valence-electron chi connectivity index (χ1n) is 8.18. The molecular weight excluding hydrogens is 377 g/mol. The van der Waals surface area contributed by atoms with E-state index in [0.29, 0.717) is 25.4 Å². The van der Waals surface area contributed by atoms with Crippen molar-refractivity contribution in [1.29, 1.82) is 0 Å². The third-order valence-corrected chi connectivity index (χ3v) is 3.70. The summed E-state index contributed by atoms with van der Waals surface area (Å²) in [6.45, 7) is 4.71. The standard InChI is InChI=1S/C19H21Cl2NO4/c1-13(2)26-22-12-14-4-6-16(7-5-14)24-8-3-9-25-19-17(20)10-15(23)11-18(19)21/h4-7,10-13,23H,3,8-9H2,1-2H3/b22-12+. The van der Waals surface area contributed by atoms with Crippen LogP contribution in [0.3, 0.4) is 0 Å². The minimum absolute atomic E-state index is 0.0000524. The summed E-state index contributed by atoms with van der Waals surface area (Å²) in [7, 11) is 0. The van der Waals surface area contributed by atoms with Crippen LogP contribution in [0, 0.1) is 0 Å². The fourth-order valence-corrected chi connectivity index (χ4v) is 2.56. The topological polar surface area (TPSA) is 60.3 Å². The highest BCUT2D eigenvalue weighted by Crippen LogP contribution is 2.36. The molecule has 7 heteroatoms. The number of aromatic hydroxyl groups is 1. The molecule has 140 valence electrons. The lowest BCUT2D eigenvalue weighted by molar-refractivity contribution is 0.0873. The first kappa shape index (κ1) is 20.2. The molecule has 5 nitrogen and oxygen atoms in total. The number of hydrogen-bond donors (Lipinski definition) is 1. The molecule has 0 aliphatic carbocycles. The van der Waals surface area contributed by atoms with Gasteiger partial charge in [-0.15, -0.1) is 0 Å². The zero-order valence-corrected chi connectivity index (χ0v) is 16.1. The quantitative estimate of drug-likeness (QED) is 0.354. The zero-order chi connectivity index (χ0) is 18.9. The molecule has 0 fully saturated rings. The number of phenolic OH excluding ortho intramolecular Hbond substituents is 1. The van der Waals surface area contributed by atoms with E-state index in [-0.39, 0.29) is 21.9 Å². The van der Waals surface area contributed by atoms with Gasteiger partial charge in [0.1, 0.15) is 17.6 Å². The van der Waals surface area contributed by atoms with Crippen molar-refractivity contribution in [2.45, 2.75) is 26.4 Å². The Morgan fingerprint density at radius 3 is 2.27 bits per heavy atom. The molecule has 0 atom stereocenters. The first-order chi connectivity index (χ1) is 12.5. The SMILES string of the molecule is CC(C)O/N=C/c1ccc(OCCCOc2c(Cl)cc(O)cc2Cl)cc1. The van der Waals surface area contributed by atoms with Gasteiger partial charge in [-0.1, -0.05) is 28.4 Å². The van der Waals surface area contributed by atoms with Gasteiger partial charge in [0.2, 0.25) is 0 Å². The van der Waals surface area contributed by atoms with Crippen molar-refractivity contribution in [2.75, 3.05) is 13.2 Å². The summed E-state index contributed by atoms with van der Waals surface area (Å²) in [4.78, 5) is 5.12. The second-order valence-electron chi connectivity index (χ2n) is 5.75. The van der Waals surface area contributed by atoms with Crippen LogP contribution in [0.4, 0.5) is 0 Å². The maximum absolute atomic E-state index is 9.39. The fourth-order valence-electron chi connectivity index (χ4n) is 1.97. The van der Waals surface area contributed by atoms with E-state index in [2.05, 4.69) is 5.16 Å². The number of nitrogens with zero attached hydrogens (tertiary/aromatic N) is 1. The van der Waals surface area contributed by atoms with Crippen LogP contribution in [0.2, 0.25) is 10.0 Å². The summed E-state index contributed by atoms with van der Waals surface area (Å²) < 4.78 is 11.2. The van der Waals surface area contributed by atoms with E-state index in [9.17, 15) is 5.11 Å². The third-order valence-electron chi connectivity index (χ3n) is 3.14. The van der Waals surface area contributed by atoms with Crippen LogP contribution in [0.5, 0.6) is 17.2 Å². The molecule has 2 aromatic rings. The van der Waals surface area contributed by atoms with E-state index in [1.807, 2.05) is 38.1 Å². The summed E-state index contributed by atoms with van der Waals surface area (Å²) in [5.41, 5.74) is 0.929. The predicted octanol–water partition coefficient (Wildman–Crippen LogP) is 5.31. The van der Waals surface area contributed by atoms with Gasteiger partial charge in [0, 0.05) is 18.6 Å². The number of ether oxygens (including phenoxy) is 2. The maximum atomic E-state index is 9.39. The second-order valence-corrected chi connectivity index (χ2v) is 6.56. The Hall–Kier alpha value is -2.11. The lowest BCUT2D eigenvalue weighted by Crippen LogP contribution is -2.05. The Bertz CT molecular complexity index is 710. The molecule has 26 heavy (non-hydrogen) atoms. The van der Waals surface area contributed by atoms with Crippen LogP contribution in [-0.4, -0.2) is 30.6 Å². The monoisotopic (exact) mass is 397 g/mol. The van der Waals surface area contributed by atoms with Crippen molar-refractivity contribution in [3.63, 3.8) is 0 Å². The second kappa shape index (κ2) is 10.1. The summed E-state index contributed by atoms with van der Waals surface area (Å²) in [6.07, 6.45) is 2.37. The van der Waals surface area contributed by atoms with Gasteiger partial charge in [0.15, 0.2) is 5.75 Å². The van der Waals surface area contributed by atoms with E-state index >= 15 is 0 Å². The van der Waals surface area contributed by atoms with Crippen LogP contribution in [0.1, 0.15) is 25.8 Å². The minimum atomic E-state index is -0.0000524. The molecule has 2 aromatic carbocycles. The van der Waals surface area contributed by atoms with Crippen LogP contribution < -0.4 is 9.47 Å².